The third-order valence-corrected chi connectivity index (χ3v) is 8.44. The Morgan fingerprint density at radius 1 is 0.571 bits per heavy atom. The molecule has 198 valence electrons. The van der Waals surface area contributed by atoms with Crippen LogP contribution in [0, 0.1) is 0 Å². The molecular formula is C38H26N4. The van der Waals surface area contributed by atoms with Crippen LogP contribution in [-0.2, 0) is 0 Å². The molecule has 0 radical (unpaired) electrons. The van der Waals surface area contributed by atoms with Gasteiger partial charge in [0, 0.05) is 51.1 Å². The molecular weight excluding hydrogens is 512 g/mol. The zero-order valence-corrected chi connectivity index (χ0v) is 22.9. The second-order valence-electron chi connectivity index (χ2n) is 10.9. The lowest BCUT2D eigenvalue weighted by molar-refractivity contribution is 1.09. The van der Waals surface area contributed by atoms with E-state index in [2.05, 4.69) is 147 Å². The first-order chi connectivity index (χ1) is 20.8. The van der Waals surface area contributed by atoms with Gasteiger partial charge in [-0.05, 0) is 61.0 Å². The maximum atomic E-state index is 5.04. The molecule has 0 spiro atoms. The molecule has 8 aromatic rings. The van der Waals surface area contributed by atoms with Crippen molar-refractivity contribution < 1.29 is 0 Å². The fourth-order valence-electron chi connectivity index (χ4n) is 6.62. The molecule has 0 unspecified atom stereocenters. The second-order valence-corrected chi connectivity index (χ2v) is 10.9. The van der Waals surface area contributed by atoms with E-state index in [4.69, 9.17) is 4.98 Å². The Bertz CT molecular complexity index is 2310. The van der Waals surface area contributed by atoms with Gasteiger partial charge in [0.15, 0.2) is 0 Å². The third-order valence-electron chi connectivity index (χ3n) is 8.44. The highest BCUT2D eigenvalue weighted by atomic mass is 15.0. The van der Waals surface area contributed by atoms with E-state index in [1.807, 2.05) is 12.1 Å². The normalized spacial score (nSPS) is 13.0. The Morgan fingerprint density at radius 3 is 1.93 bits per heavy atom. The molecule has 0 saturated heterocycles. The maximum Gasteiger partial charge on any atom is 0.137 e. The Kier molecular flexibility index (Phi) is 4.93. The van der Waals surface area contributed by atoms with Gasteiger partial charge >= 0.3 is 0 Å². The van der Waals surface area contributed by atoms with Gasteiger partial charge < -0.3 is 13.5 Å². The molecule has 1 aliphatic carbocycles. The standard InChI is InChI=1S/C38H26N4/c1-2-12-29-30-13-4-7-17-35(30)41(34(29)16-3-1)27-22-26(33-25-40-21-11-10-20-38(40)39-33)23-28(24-27)42-36-18-8-5-14-31(36)32-15-6-9-19-37(32)42/h2-25H,1H2. The molecule has 0 atom stereocenters. The molecule has 0 N–H and O–H groups in total. The third kappa shape index (κ3) is 3.39. The number of nitrogens with zero attached hydrogens (tertiary/aromatic N) is 4. The molecule has 4 aromatic heterocycles. The number of pyridine rings is 1. The number of imidazole rings is 1. The Morgan fingerprint density at radius 2 is 1.19 bits per heavy atom. The Balaban J connectivity index is 1.40. The van der Waals surface area contributed by atoms with Gasteiger partial charge in [0.05, 0.1) is 27.9 Å². The van der Waals surface area contributed by atoms with Crippen molar-refractivity contribution in [2.24, 2.45) is 0 Å². The Labute approximate surface area is 242 Å². The van der Waals surface area contributed by atoms with E-state index >= 15 is 0 Å². The first-order valence-corrected chi connectivity index (χ1v) is 14.4. The average Bonchev–Trinajstić information content (AvgIpc) is 3.65. The monoisotopic (exact) mass is 538 g/mol. The van der Waals surface area contributed by atoms with Crippen molar-refractivity contribution in [1.29, 1.82) is 0 Å². The van der Waals surface area contributed by atoms with Crippen LogP contribution >= 0.6 is 0 Å². The lowest BCUT2D eigenvalue weighted by atomic mass is 10.1. The van der Waals surface area contributed by atoms with Crippen LogP contribution in [-0.4, -0.2) is 18.5 Å². The highest BCUT2D eigenvalue weighted by molar-refractivity contribution is 6.09. The van der Waals surface area contributed by atoms with Gasteiger partial charge in [-0.1, -0.05) is 78.9 Å². The van der Waals surface area contributed by atoms with Gasteiger partial charge in [-0.15, -0.1) is 0 Å². The zero-order valence-electron chi connectivity index (χ0n) is 22.9. The van der Waals surface area contributed by atoms with Gasteiger partial charge in [0.2, 0.25) is 0 Å². The second kappa shape index (κ2) is 8.95. The number of para-hydroxylation sites is 3. The Hall–Kier alpha value is -5.61. The quantitative estimate of drug-likeness (QED) is 0.220. The molecule has 42 heavy (non-hydrogen) atoms. The fraction of sp³-hybridized carbons (Fsp3) is 0.0263. The van der Waals surface area contributed by atoms with Crippen LogP contribution in [0.1, 0.15) is 17.7 Å². The lowest BCUT2D eigenvalue weighted by Crippen LogP contribution is -2.01. The minimum Gasteiger partial charge on any atom is -0.309 e. The van der Waals surface area contributed by atoms with Crippen LogP contribution in [0.3, 0.4) is 0 Å². The van der Waals surface area contributed by atoms with E-state index in [9.17, 15) is 0 Å². The van der Waals surface area contributed by atoms with Gasteiger partial charge in [0.25, 0.3) is 0 Å². The van der Waals surface area contributed by atoms with Gasteiger partial charge in [-0.2, -0.15) is 0 Å². The molecule has 1 aliphatic rings. The van der Waals surface area contributed by atoms with Crippen LogP contribution in [0.15, 0.2) is 134 Å². The van der Waals surface area contributed by atoms with Crippen LogP contribution < -0.4 is 0 Å². The van der Waals surface area contributed by atoms with Crippen molar-refractivity contribution in [3.05, 3.63) is 145 Å². The van der Waals surface area contributed by atoms with E-state index in [0.717, 1.165) is 34.7 Å². The fourth-order valence-corrected chi connectivity index (χ4v) is 6.62. The van der Waals surface area contributed by atoms with Crippen LogP contribution in [0.5, 0.6) is 0 Å². The number of rotatable bonds is 3. The van der Waals surface area contributed by atoms with E-state index in [1.165, 1.54) is 44.0 Å². The highest BCUT2D eigenvalue weighted by Crippen LogP contribution is 2.38. The highest BCUT2D eigenvalue weighted by Gasteiger charge is 2.19. The summed E-state index contributed by atoms with van der Waals surface area (Å²) in [6.07, 6.45) is 14.1. The SMILES string of the molecule is C1=Cc2c(n(-c3cc(-c4cn5ccccc5n4)cc(-n4c5ccccc5c5ccccc54)c3)c3ccccc23)C=CC1. The van der Waals surface area contributed by atoms with E-state index in [0.29, 0.717) is 0 Å². The number of aromatic nitrogens is 4. The first kappa shape index (κ1) is 23.1. The zero-order chi connectivity index (χ0) is 27.6. The lowest BCUT2D eigenvalue weighted by Gasteiger charge is -2.15. The molecule has 4 nitrogen and oxygen atoms in total. The molecule has 4 heterocycles. The minimum atomic E-state index is 0.927. The molecule has 0 fully saturated rings. The van der Waals surface area contributed by atoms with Gasteiger partial charge in [0.1, 0.15) is 5.65 Å². The molecule has 0 saturated carbocycles. The smallest absolute Gasteiger partial charge is 0.137 e. The molecule has 0 amide bonds. The number of benzene rings is 4. The summed E-state index contributed by atoms with van der Waals surface area (Å²) in [6.45, 7) is 0. The molecule has 0 aliphatic heterocycles. The summed E-state index contributed by atoms with van der Waals surface area (Å²) >= 11 is 0. The number of hydrogen-bond donors (Lipinski definition) is 0. The summed E-state index contributed by atoms with van der Waals surface area (Å²) in [6, 6.07) is 39.1. The van der Waals surface area contributed by atoms with Crippen molar-refractivity contribution in [2.45, 2.75) is 6.42 Å². The minimum absolute atomic E-state index is 0.927. The predicted octanol–water partition coefficient (Wildman–Crippen LogP) is 9.47. The average molecular weight is 539 g/mol. The summed E-state index contributed by atoms with van der Waals surface area (Å²) in [5.41, 5.74) is 11.2. The van der Waals surface area contributed by atoms with Crippen LogP contribution in [0.2, 0.25) is 0 Å². The van der Waals surface area contributed by atoms with Crippen molar-refractivity contribution in [2.75, 3.05) is 0 Å². The summed E-state index contributed by atoms with van der Waals surface area (Å²) in [7, 11) is 0. The van der Waals surface area contributed by atoms with Gasteiger partial charge in [-0.25, -0.2) is 4.98 Å². The topological polar surface area (TPSA) is 27.2 Å². The summed E-state index contributed by atoms with van der Waals surface area (Å²) in [5.74, 6) is 0. The molecule has 4 aromatic carbocycles. The van der Waals surface area contributed by atoms with Crippen molar-refractivity contribution >= 4 is 50.5 Å². The largest absolute Gasteiger partial charge is 0.309 e. The van der Waals surface area contributed by atoms with E-state index in [-0.39, 0.29) is 0 Å². The molecule has 9 rings (SSSR count). The predicted molar refractivity (Wildman–Crippen MR) is 174 cm³/mol. The van der Waals surface area contributed by atoms with Crippen molar-refractivity contribution in [3.63, 3.8) is 0 Å². The van der Waals surface area contributed by atoms with Gasteiger partial charge in [-0.3, -0.25) is 0 Å². The van der Waals surface area contributed by atoms with E-state index < -0.39 is 0 Å². The summed E-state index contributed by atoms with van der Waals surface area (Å²) in [5, 5.41) is 3.76. The summed E-state index contributed by atoms with van der Waals surface area (Å²) in [4.78, 5) is 5.04. The van der Waals surface area contributed by atoms with Crippen LogP contribution in [0.25, 0.3) is 73.1 Å². The number of allylic oxidation sites excluding steroid dienone is 2. The number of fused-ring (bicyclic) bond motifs is 7. The molecule has 4 heteroatoms. The van der Waals surface area contributed by atoms with E-state index in [1.54, 1.807) is 0 Å². The number of hydrogen-bond acceptors (Lipinski definition) is 1. The molecule has 0 bridgehead atoms. The van der Waals surface area contributed by atoms with Crippen LogP contribution in [0.4, 0.5) is 0 Å². The summed E-state index contributed by atoms with van der Waals surface area (Å²) < 4.78 is 6.90. The van der Waals surface area contributed by atoms with Crippen molar-refractivity contribution in [3.8, 4) is 22.6 Å². The van der Waals surface area contributed by atoms with Crippen molar-refractivity contribution in [1.82, 2.24) is 18.5 Å². The first-order valence-electron chi connectivity index (χ1n) is 14.4. The maximum absolute atomic E-state index is 5.04.